The van der Waals surface area contributed by atoms with E-state index in [1.54, 1.807) is 0 Å². The number of alkyl halides is 3. The Hall–Kier alpha value is -0.940. The number of hydrogen-bond donors (Lipinski definition) is 2. The lowest BCUT2D eigenvalue weighted by molar-refractivity contribution is -0.138. The average molecular weight is 210 g/mol. The Morgan fingerprint density at radius 1 is 1.50 bits per heavy atom. The van der Waals surface area contributed by atoms with Crippen molar-refractivity contribution in [3.05, 3.63) is 0 Å². The van der Waals surface area contributed by atoms with E-state index < -0.39 is 24.7 Å². The van der Waals surface area contributed by atoms with E-state index in [2.05, 4.69) is 10.6 Å². The summed E-state index contributed by atoms with van der Waals surface area (Å²) < 4.78 is 35.6. The van der Waals surface area contributed by atoms with Gasteiger partial charge in [0, 0.05) is 12.1 Å². The quantitative estimate of drug-likeness (QED) is 0.732. The molecular weight excluding hydrogens is 197 g/mol. The van der Waals surface area contributed by atoms with E-state index in [4.69, 9.17) is 0 Å². The summed E-state index contributed by atoms with van der Waals surface area (Å²) in [5.41, 5.74) is 0. The van der Waals surface area contributed by atoms with Crippen molar-refractivity contribution >= 4 is 6.03 Å². The molecule has 1 atom stereocenters. The Morgan fingerprint density at radius 2 is 2.07 bits per heavy atom. The molecule has 1 unspecified atom stereocenters. The number of halogens is 3. The van der Waals surface area contributed by atoms with E-state index in [0.717, 1.165) is 12.8 Å². The predicted molar refractivity (Wildman–Crippen MR) is 44.8 cm³/mol. The Morgan fingerprint density at radius 3 is 2.50 bits per heavy atom. The molecule has 0 aromatic heterocycles. The molecule has 0 radical (unpaired) electrons. The monoisotopic (exact) mass is 210 g/mol. The van der Waals surface area contributed by atoms with Crippen LogP contribution in [0.1, 0.15) is 26.2 Å². The van der Waals surface area contributed by atoms with E-state index in [0.29, 0.717) is 0 Å². The normalized spacial score (nSPS) is 18.9. The van der Waals surface area contributed by atoms with Crippen molar-refractivity contribution in [2.75, 3.05) is 0 Å². The lowest BCUT2D eigenvalue weighted by atomic mass is 10.2. The summed E-state index contributed by atoms with van der Waals surface area (Å²) in [4.78, 5) is 11.0. The average Bonchev–Trinajstić information content (AvgIpc) is 2.64. The molecule has 0 aromatic rings. The van der Waals surface area contributed by atoms with Gasteiger partial charge in [-0.05, 0) is 19.8 Å². The molecule has 0 heterocycles. The fourth-order valence-electron chi connectivity index (χ4n) is 1.08. The van der Waals surface area contributed by atoms with E-state index in [9.17, 15) is 18.0 Å². The number of carbonyl (C=O) groups is 1. The molecular formula is C8H13F3N2O. The van der Waals surface area contributed by atoms with Crippen LogP contribution in [0.3, 0.4) is 0 Å². The van der Waals surface area contributed by atoms with Gasteiger partial charge in [0.2, 0.25) is 0 Å². The van der Waals surface area contributed by atoms with Gasteiger partial charge in [0.15, 0.2) is 0 Å². The summed E-state index contributed by atoms with van der Waals surface area (Å²) in [7, 11) is 0. The molecule has 0 aromatic carbocycles. The third-order valence-corrected chi connectivity index (χ3v) is 1.83. The van der Waals surface area contributed by atoms with Crippen molar-refractivity contribution in [3.63, 3.8) is 0 Å². The zero-order valence-corrected chi connectivity index (χ0v) is 7.82. The smallest absolute Gasteiger partial charge is 0.335 e. The molecule has 1 aliphatic rings. The summed E-state index contributed by atoms with van der Waals surface area (Å²) >= 11 is 0. The first-order valence-electron chi connectivity index (χ1n) is 4.50. The third kappa shape index (κ3) is 4.94. The first kappa shape index (κ1) is 11.1. The first-order chi connectivity index (χ1) is 6.37. The maximum atomic E-state index is 11.9. The van der Waals surface area contributed by atoms with Crippen LogP contribution in [-0.4, -0.2) is 24.3 Å². The fourth-order valence-corrected chi connectivity index (χ4v) is 1.08. The maximum Gasteiger partial charge on any atom is 0.391 e. The van der Waals surface area contributed by atoms with Crippen LogP contribution in [0.2, 0.25) is 0 Å². The molecule has 1 rings (SSSR count). The zero-order valence-electron chi connectivity index (χ0n) is 7.82. The molecule has 1 fully saturated rings. The first-order valence-corrected chi connectivity index (χ1v) is 4.50. The SMILES string of the molecule is CC(CC(F)(F)F)NC(=O)NC1CC1. The number of carbonyl (C=O) groups excluding carboxylic acids is 1. The lowest BCUT2D eigenvalue weighted by Gasteiger charge is -2.15. The van der Waals surface area contributed by atoms with Crippen molar-refractivity contribution in [2.24, 2.45) is 0 Å². The number of hydrogen-bond acceptors (Lipinski definition) is 1. The van der Waals surface area contributed by atoms with Gasteiger partial charge in [0.1, 0.15) is 0 Å². The van der Waals surface area contributed by atoms with Gasteiger partial charge in [-0.2, -0.15) is 13.2 Å². The van der Waals surface area contributed by atoms with E-state index in [-0.39, 0.29) is 6.04 Å². The Balaban J connectivity index is 2.18. The molecule has 0 spiro atoms. The van der Waals surface area contributed by atoms with Crippen LogP contribution < -0.4 is 10.6 Å². The van der Waals surface area contributed by atoms with Crippen molar-refractivity contribution in [2.45, 2.75) is 44.4 Å². The number of rotatable bonds is 3. The Kier molecular flexibility index (Phi) is 3.23. The number of amides is 2. The van der Waals surface area contributed by atoms with Gasteiger partial charge in [-0.15, -0.1) is 0 Å². The Bertz CT molecular complexity index is 213. The minimum absolute atomic E-state index is 0.160. The largest absolute Gasteiger partial charge is 0.391 e. The fraction of sp³-hybridized carbons (Fsp3) is 0.875. The summed E-state index contributed by atoms with van der Waals surface area (Å²) in [5.74, 6) is 0. The highest BCUT2D eigenvalue weighted by Crippen LogP contribution is 2.21. The second-order valence-corrected chi connectivity index (χ2v) is 3.61. The van der Waals surface area contributed by atoms with E-state index >= 15 is 0 Å². The molecule has 14 heavy (non-hydrogen) atoms. The van der Waals surface area contributed by atoms with Crippen molar-refractivity contribution in [1.82, 2.24) is 10.6 Å². The van der Waals surface area contributed by atoms with Crippen LogP contribution in [0.5, 0.6) is 0 Å². The van der Waals surface area contributed by atoms with Gasteiger partial charge in [-0.25, -0.2) is 4.79 Å². The highest BCUT2D eigenvalue weighted by Gasteiger charge is 2.31. The van der Waals surface area contributed by atoms with E-state index in [1.807, 2.05) is 0 Å². The van der Waals surface area contributed by atoms with Crippen molar-refractivity contribution in [1.29, 1.82) is 0 Å². The van der Waals surface area contributed by atoms with E-state index in [1.165, 1.54) is 6.92 Å². The van der Waals surface area contributed by atoms with Crippen LogP contribution in [0.15, 0.2) is 0 Å². The molecule has 3 nitrogen and oxygen atoms in total. The predicted octanol–water partition coefficient (Wildman–Crippen LogP) is 1.79. The van der Waals surface area contributed by atoms with Crippen LogP contribution in [0.25, 0.3) is 0 Å². The molecule has 1 aliphatic carbocycles. The summed E-state index contributed by atoms with van der Waals surface area (Å²) in [6.45, 7) is 1.33. The molecule has 2 N–H and O–H groups in total. The zero-order chi connectivity index (χ0) is 10.8. The van der Waals surface area contributed by atoms with Gasteiger partial charge in [0.25, 0.3) is 0 Å². The molecule has 6 heteroatoms. The molecule has 82 valence electrons. The molecule has 0 bridgehead atoms. The van der Waals surface area contributed by atoms with Gasteiger partial charge >= 0.3 is 12.2 Å². The topological polar surface area (TPSA) is 41.1 Å². The summed E-state index contributed by atoms with van der Waals surface area (Å²) in [5, 5.41) is 4.79. The van der Waals surface area contributed by atoms with Gasteiger partial charge in [-0.3, -0.25) is 0 Å². The van der Waals surface area contributed by atoms with Crippen molar-refractivity contribution < 1.29 is 18.0 Å². The molecule has 0 aliphatic heterocycles. The summed E-state index contributed by atoms with van der Waals surface area (Å²) in [6, 6.07) is -1.23. The second kappa shape index (κ2) is 4.06. The molecule has 2 amide bonds. The van der Waals surface area contributed by atoms with Crippen LogP contribution in [-0.2, 0) is 0 Å². The van der Waals surface area contributed by atoms with Gasteiger partial charge < -0.3 is 10.6 Å². The minimum atomic E-state index is -4.23. The Labute approximate surface area is 80.0 Å². The number of nitrogens with one attached hydrogen (secondary N) is 2. The highest BCUT2D eigenvalue weighted by molar-refractivity contribution is 5.74. The van der Waals surface area contributed by atoms with Crippen molar-refractivity contribution in [3.8, 4) is 0 Å². The standard InChI is InChI=1S/C8H13F3N2O/c1-5(4-8(9,10)11)12-7(14)13-6-2-3-6/h5-6H,2-4H2,1H3,(H2,12,13,14). The minimum Gasteiger partial charge on any atom is -0.335 e. The molecule has 1 saturated carbocycles. The van der Waals surface area contributed by atoms with Crippen LogP contribution in [0.4, 0.5) is 18.0 Å². The summed E-state index contributed by atoms with van der Waals surface area (Å²) in [6.07, 6.45) is -3.39. The van der Waals surface area contributed by atoms with Gasteiger partial charge in [-0.1, -0.05) is 0 Å². The third-order valence-electron chi connectivity index (χ3n) is 1.83. The van der Waals surface area contributed by atoms with Gasteiger partial charge in [0.05, 0.1) is 6.42 Å². The lowest BCUT2D eigenvalue weighted by Crippen LogP contribution is -2.43. The maximum absolute atomic E-state index is 11.9. The highest BCUT2D eigenvalue weighted by atomic mass is 19.4. The second-order valence-electron chi connectivity index (χ2n) is 3.61. The number of urea groups is 1. The molecule has 0 saturated heterocycles. The van der Waals surface area contributed by atoms with Crippen LogP contribution in [0, 0.1) is 0 Å². The van der Waals surface area contributed by atoms with Crippen LogP contribution >= 0.6 is 0 Å².